The highest BCUT2D eigenvalue weighted by Gasteiger charge is 2.37. The minimum Gasteiger partial charge on any atom is -0.506 e. The summed E-state index contributed by atoms with van der Waals surface area (Å²) in [7, 11) is 2.04. The fourth-order valence-corrected chi connectivity index (χ4v) is 6.64. The minimum absolute atomic E-state index is 0.106. The monoisotopic (exact) mass is 620 g/mol. The highest BCUT2D eigenvalue weighted by atomic mass is 32.1. The van der Waals surface area contributed by atoms with Gasteiger partial charge < -0.3 is 25.0 Å². The van der Waals surface area contributed by atoms with Gasteiger partial charge >= 0.3 is 4.87 Å². The third-order valence-electron chi connectivity index (χ3n) is 7.98. The van der Waals surface area contributed by atoms with Crippen LogP contribution in [0.15, 0.2) is 112 Å². The van der Waals surface area contributed by atoms with E-state index in [1.165, 1.54) is 11.1 Å². The van der Waals surface area contributed by atoms with Crippen LogP contribution < -0.4 is 10.2 Å². The standard InChI is InChI=1S/C36H36N4O4S/c1-40(24-30-22-32(39-44-30)36(43,28-11-4-2-5-12-28)29-13-6-3-7-14-29)23-26-10-8-9-25(21-26)17-19-37-20-18-27-15-16-31(41)33-34(27)45-35(42)38-33/h2-16,21-22,37,41,43H,17-20,23-24H2,1H3,(H,38,42). The van der Waals surface area contributed by atoms with Gasteiger partial charge in [0, 0.05) is 12.6 Å². The molecule has 0 atom stereocenters. The number of hydrogen-bond acceptors (Lipinski definition) is 8. The van der Waals surface area contributed by atoms with Crippen molar-refractivity contribution in [3.8, 4) is 5.75 Å². The zero-order valence-electron chi connectivity index (χ0n) is 25.1. The summed E-state index contributed by atoms with van der Waals surface area (Å²) in [4.78, 5) is 16.5. The van der Waals surface area contributed by atoms with Crippen LogP contribution in [0.25, 0.3) is 10.2 Å². The number of thiazole rings is 1. The molecule has 0 fully saturated rings. The van der Waals surface area contributed by atoms with E-state index in [1.54, 1.807) is 6.07 Å². The molecule has 2 aromatic heterocycles. The van der Waals surface area contributed by atoms with E-state index in [2.05, 4.69) is 44.6 Å². The molecule has 2 heterocycles. The number of hydrogen-bond donors (Lipinski definition) is 4. The van der Waals surface area contributed by atoms with Crippen LogP contribution in [-0.2, 0) is 31.5 Å². The van der Waals surface area contributed by atoms with Crippen molar-refractivity contribution in [1.29, 1.82) is 0 Å². The Morgan fingerprint density at radius 2 is 1.56 bits per heavy atom. The van der Waals surface area contributed by atoms with Crippen LogP contribution in [0.2, 0.25) is 0 Å². The van der Waals surface area contributed by atoms with E-state index in [-0.39, 0.29) is 10.6 Å². The largest absolute Gasteiger partial charge is 0.506 e. The van der Waals surface area contributed by atoms with Gasteiger partial charge in [0.1, 0.15) is 17.0 Å². The summed E-state index contributed by atoms with van der Waals surface area (Å²) in [5.41, 5.74) is 4.51. The summed E-state index contributed by atoms with van der Waals surface area (Å²) in [6.07, 6.45) is 1.66. The Balaban J connectivity index is 1.03. The van der Waals surface area contributed by atoms with Crippen molar-refractivity contribution in [3.63, 3.8) is 0 Å². The van der Waals surface area contributed by atoms with Crippen molar-refractivity contribution in [1.82, 2.24) is 20.4 Å². The number of H-pyrrole nitrogens is 1. The number of fused-ring (bicyclic) bond motifs is 1. The Kier molecular flexibility index (Phi) is 9.23. The number of nitrogens with zero attached hydrogens (tertiary/aromatic N) is 2. The smallest absolute Gasteiger partial charge is 0.305 e. The first-order chi connectivity index (χ1) is 21.9. The van der Waals surface area contributed by atoms with Crippen molar-refractivity contribution in [3.05, 3.63) is 152 Å². The van der Waals surface area contributed by atoms with Gasteiger partial charge in [0.2, 0.25) is 0 Å². The van der Waals surface area contributed by atoms with Crippen LogP contribution >= 0.6 is 11.3 Å². The molecule has 0 aliphatic carbocycles. The number of nitrogens with one attached hydrogen (secondary N) is 2. The second-order valence-corrected chi connectivity index (χ2v) is 12.3. The Morgan fingerprint density at radius 3 is 2.29 bits per heavy atom. The maximum Gasteiger partial charge on any atom is 0.305 e. The first kappa shape index (κ1) is 30.5. The molecular weight excluding hydrogens is 584 g/mol. The molecular formula is C36H36N4O4S. The van der Waals surface area contributed by atoms with E-state index in [9.17, 15) is 15.0 Å². The predicted octanol–water partition coefficient (Wildman–Crippen LogP) is 5.57. The number of phenols is 1. The molecule has 0 bridgehead atoms. The fourth-order valence-electron chi connectivity index (χ4n) is 5.75. The lowest BCUT2D eigenvalue weighted by Crippen LogP contribution is -2.29. The number of aliphatic hydroxyl groups is 1. The van der Waals surface area contributed by atoms with E-state index in [1.807, 2.05) is 79.8 Å². The molecule has 0 saturated heterocycles. The molecule has 4 aromatic carbocycles. The van der Waals surface area contributed by atoms with E-state index in [0.29, 0.717) is 23.5 Å². The fraction of sp³-hybridized carbons (Fsp3) is 0.222. The Hall–Kier alpha value is -4.54. The zero-order chi connectivity index (χ0) is 31.2. The summed E-state index contributed by atoms with van der Waals surface area (Å²) in [6, 6.07) is 33.0. The van der Waals surface area contributed by atoms with E-state index in [0.717, 1.165) is 65.2 Å². The summed E-state index contributed by atoms with van der Waals surface area (Å²) >= 11 is 1.14. The van der Waals surface area contributed by atoms with E-state index < -0.39 is 5.60 Å². The molecule has 0 aliphatic heterocycles. The molecule has 0 spiro atoms. The van der Waals surface area contributed by atoms with Gasteiger partial charge in [0.25, 0.3) is 0 Å². The molecule has 9 heteroatoms. The highest BCUT2D eigenvalue weighted by Crippen LogP contribution is 2.36. The average molecular weight is 621 g/mol. The van der Waals surface area contributed by atoms with Crippen LogP contribution in [0.4, 0.5) is 0 Å². The summed E-state index contributed by atoms with van der Waals surface area (Å²) in [5.74, 6) is 0.783. The number of aromatic amines is 1. The molecule has 45 heavy (non-hydrogen) atoms. The molecule has 4 N–H and O–H groups in total. The molecule has 0 amide bonds. The second kappa shape index (κ2) is 13.6. The maximum atomic E-state index is 12.0. The molecule has 6 aromatic rings. The van der Waals surface area contributed by atoms with Gasteiger partial charge in [0.05, 0.1) is 11.2 Å². The number of phenolic OH excluding ortho intramolecular Hbond substituents is 1. The van der Waals surface area contributed by atoms with Gasteiger partial charge in [-0.1, -0.05) is 107 Å². The molecule has 230 valence electrons. The number of rotatable bonds is 13. The van der Waals surface area contributed by atoms with Crippen LogP contribution in [0, 0.1) is 0 Å². The first-order valence-corrected chi connectivity index (χ1v) is 15.8. The molecule has 6 rings (SSSR count). The quantitative estimate of drug-likeness (QED) is 0.125. The Bertz CT molecular complexity index is 1880. The molecule has 0 radical (unpaired) electrons. The lowest BCUT2D eigenvalue weighted by Gasteiger charge is -2.27. The van der Waals surface area contributed by atoms with Gasteiger partial charge in [-0.05, 0) is 66.9 Å². The lowest BCUT2D eigenvalue weighted by molar-refractivity contribution is 0.116. The third-order valence-corrected chi connectivity index (χ3v) is 8.94. The second-order valence-electron chi connectivity index (χ2n) is 11.3. The minimum atomic E-state index is -1.43. The normalized spacial score (nSPS) is 11.9. The molecule has 0 aliphatic rings. The van der Waals surface area contributed by atoms with Crippen LogP contribution in [0.3, 0.4) is 0 Å². The van der Waals surface area contributed by atoms with E-state index >= 15 is 0 Å². The predicted molar refractivity (Wildman–Crippen MR) is 177 cm³/mol. The SMILES string of the molecule is CN(Cc1cccc(CCNCCc2ccc(O)c3[nH]c(=O)sc23)c1)Cc1cc(C(O)(c2ccccc2)c2ccccc2)no1. The number of aromatic hydroxyl groups is 1. The highest BCUT2D eigenvalue weighted by molar-refractivity contribution is 7.16. The van der Waals surface area contributed by atoms with Gasteiger partial charge in [-0.15, -0.1) is 0 Å². The number of aromatic nitrogens is 2. The molecule has 8 nitrogen and oxygen atoms in total. The van der Waals surface area contributed by atoms with Gasteiger partial charge in [-0.2, -0.15) is 0 Å². The van der Waals surface area contributed by atoms with Crippen molar-refractivity contribution in [2.75, 3.05) is 20.1 Å². The van der Waals surface area contributed by atoms with Crippen LogP contribution in [0.1, 0.15) is 39.3 Å². The Morgan fingerprint density at radius 1 is 0.867 bits per heavy atom. The molecule has 0 saturated carbocycles. The lowest BCUT2D eigenvalue weighted by atomic mass is 9.83. The Labute approximate surface area is 265 Å². The zero-order valence-corrected chi connectivity index (χ0v) is 25.9. The van der Waals surface area contributed by atoms with Crippen molar-refractivity contribution in [2.24, 2.45) is 0 Å². The van der Waals surface area contributed by atoms with Crippen LogP contribution in [-0.4, -0.2) is 45.4 Å². The molecule has 0 unspecified atom stereocenters. The van der Waals surface area contributed by atoms with Crippen LogP contribution in [0.5, 0.6) is 5.75 Å². The van der Waals surface area contributed by atoms with E-state index in [4.69, 9.17) is 4.52 Å². The third kappa shape index (κ3) is 6.92. The maximum absolute atomic E-state index is 12.0. The van der Waals surface area contributed by atoms with Crippen molar-refractivity contribution >= 4 is 21.6 Å². The topological polar surface area (TPSA) is 115 Å². The average Bonchev–Trinajstić information content (AvgIpc) is 3.70. The van der Waals surface area contributed by atoms with Gasteiger partial charge in [-0.3, -0.25) is 9.69 Å². The van der Waals surface area contributed by atoms with Crippen molar-refractivity contribution < 1.29 is 14.7 Å². The van der Waals surface area contributed by atoms with Crippen molar-refractivity contribution in [2.45, 2.75) is 31.5 Å². The van der Waals surface area contributed by atoms with Gasteiger partial charge in [-0.25, -0.2) is 0 Å². The number of benzene rings is 4. The first-order valence-electron chi connectivity index (χ1n) is 15.0. The summed E-state index contributed by atoms with van der Waals surface area (Å²) < 4.78 is 6.56. The summed E-state index contributed by atoms with van der Waals surface area (Å²) in [5, 5.41) is 29.8. The summed E-state index contributed by atoms with van der Waals surface area (Å²) in [6.45, 7) is 2.88. The van der Waals surface area contributed by atoms with Gasteiger partial charge in [0.15, 0.2) is 11.4 Å².